The Bertz CT molecular complexity index is 911. The molecule has 23 heavy (non-hydrogen) atoms. The average molecular weight is 312 g/mol. The van der Waals surface area contributed by atoms with E-state index in [-0.39, 0.29) is 0 Å². The van der Waals surface area contributed by atoms with Crippen LogP contribution >= 0.6 is 0 Å². The standard InChI is InChI=1S/C18H16O5/c1-20-11-8-9-14(21-2)13(10-11)16-17(22-3)12-6-4-5-7-15(12)23-18(16)19/h4-10H,1-3H3. The Morgan fingerprint density at radius 2 is 1.70 bits per heavy atom. The molecule has 3 aromatic rings. The lowest BCUT2D eigenvalue weighted by atomic mass is 10.0. The van der Waals surface area contributed by atoms with Crippen molar-refractivity contribution in [1.82, 2.24) is 0 Å². The molecule has 5 heteroatoms. The highest BCUT2D eigenvalue weighted by Gasteiger charge is 2.20. The van der Waals surface area contributed by atoms with E-state index in [0.29, 0.717) is 34.0 Å². The Morgan fingerprint density at radius 1 is 0.913 bits per heavy atom. The highest BCUT2D eigenvalue weighted by atomic mass is 16.5. The molecule has 0 fully saturated rings. The molecule has 0 aliphatic rings. The van der Waals surface area contributed by atoms with Crippen molar-refractivity contribution in [3.8, 4) is 28.4 Å². The van der Waals surface area contributed by atoms with E-state index in [9.17, 15) is 4.79 Å². The first-order valence-corrected chi connectivity index (χ1v) is 7.01. The van der Waals surface area contributed by atoms with Gasteiger partial charge in [-0.25, -0.2) is 4.79 Å². The minimum atomic E-state index is -0.493. The van der Waals surface area contributed by atoms with Gasteiger partial charge in [-0.3, -0.25) is 0 Å². The maximum absolute atomic E-state index is 12.5. The molecule has 0 aliphatic heterocycles. The summed E-state index contributed by atoms with van der Waals surface area (Å²) in [5, 5.41) is 0.717. The highest BCUT2D eigenvalue weighted by molar-refractivity contribution is 5.92. The van der Waals surface area contributed by atoms with Crippen LogP contribution in [0.3, 0.4) is 0 Å². The fraction of sp³-hybridized carbons (Fsp3) is 0.167. The number of methoxy groups -OCH3 is 3. The molecule has 0 amide bonds. The van der Waals surface area contributed by atoms with Gasteiger partial charge in [-0.15, -0.1) is 0 Å². The van der Waals surface area contributed by atoms with Gasteiger partial charge in [-0.2, -0.15) is 0 Å². The van der Waals surface area contributed by atoms with Crippen LogP contribution < -0.4 is 19.8 Å². The van der Waals surface area contributed by atoms with E-state index >= 15 is 0 Å². The summed E-state index contributed by atoms with van der Waals surface area (Å²) in [4.78, 5) is 12.5. The zero-order valence-electron chi connectivity index (χ0n) is 13.1. The van der Waals surface area contributed by atoms with Crippen LogP contribution in [0.25, 0.3) is 22.1 Å². The van der Waals surface area contributed by atoms with Crippen LogP contribution in [0.15, 0.2) is 51.7 Å². The summed E-state index contributed by atoms with van der Waals surface area (Å²) in [6.07, 6.45) is 0. The fourth-order valence-electron chi connectivity index (χ4n) is 2.58. The molecule has 0 saturated heterocycles. The molecule has 0 N–H and O–H groups in total. The number of para-hydroxylation sites is 1. The predicted molar refractivity (Wildman–Crippen MR) is 87.6 cm³/mol. The second-order valence-corrected chi connectivity index (χ2v) is 4.86. The van der Waals surface area contributed by atoms with Gasteiger partial charge in [0.05, 0.1) is 26.7 Å². The summed E-state index contributed by atoms with van der Waals surface area (Å²) in [6, 6.07) is 12.5. The van der Waals surface area contributed by atoms with Gasteiger partial charge in [0.25, 0.3) is 0 Å². The topological polar surface area (TPSA) is 57.9 Å². The van der Waals surface area contributed by atoms with Crippen LogP contribution in [0, 0.1) is 0 Å². The van der Waals surface area contributed by atoms with Crippen LogP contribution in [0.1, 0.15) is 0 Å². The number of hydrogen-bond donors (Lipinski definition) is 0. The molecule has 1 aromatic heterocycles. The quantitative estimate of drug-likeness (QED) is 0.690. The molecule has 3 rings (SSSR count). The third-order valence-electron chi connectivity index (χ3n) is 3.65. The molecule has 0 bridgehead atoms. The Kier molecular flexibility index (Phi) is 3.93. The van der Waals surface area contributed by atoms with Gasteiger partial charge in [0.2, 0.25) is 0 Å². The molecule has 0 atom stereocenters. The summed E-state index contributed by atoms with van der Waals surface area (Å²) in [5.41, 5.74) is 0.845. The molecule has 0 aliphatic carbocycles. The van der Waals surface area contributed by atoms with Crippen molar-refractivity contribution in [2.75, 3.05) is 21.3 Å². The molecular formula is C18H16O5. The van der Waals surface area contributed by atoms with E-state index in [1.807, 2.05) is 12.1 Å². The Hall–Kier alpha value is -2.95. The van der Waals surface area contributed by atoms with Gasteiger partial charge in [0.15, 0.2) is 0 Å². The van der Waals surface area contributed by atoms with Crippen molar-refractivity contribution in [3.63, 3.8) is 0 Å². The normalized spacial score (nSPS) is 10.6. The average Bonchev–Trinajstić information content (AvgIpc) is 2.59. The van der Waals surface area contributed by atoms with Crippen LogP contribution in [0.5, 0.6) is 17.2 Å². The maximum Gasteiger partial charge on any atom is 0.348 e. The number of fused-ring (bicyclic) bond motifs is 1. The molecule has 5 nitrogen and oxygen atoms in total. The number of hydrogen-bond acceptors (Lipinski definition) is 5. The van der Waals surface area contributed by atoms with Gasteiger partial charge < -0.3 is 18.6 Å². The zero-order valence-corrected chi connectivity index (χ0v) is 13.1. The predicted octanol–water partition coefficient (Wildman–Crippen LogP) is 3.49. The lowest BCUT2D eigenvalue weighted by molar-refractivity contribution is 0.401. The van der Waals surface area contributed by atoms with Crippen molar-refractivity contribution in [2.24, 2.45) is 0 Å². The smallest absolute Gasteiger partial charge is 0.348 e. The fourth-order valence-corrected chi connectivity index (χ4v) is 2.58. The lowest BCUT2D eigenvalue weighted by Crippen LogP contribution is -2.07. The summed E-state index contributed by atoms with van der Waals surface area (Å²) in [7, 11) is 4.63. The van der Waals surface area contributed by atoms with E-state index in [2.05, 4.69) is 0 Å². The number of benzene rings is 2. The SMILES string of the molecule is COc1ccc(OC)c(-c2c(OC)c3ccccc3oc2=O)c1. The number of ether oxygens (including phenoxy) is 3. The second-order valence-electron chi connectivity index (χ2n) is 4.86. The van der Waals surface area contributed by atoms with Crippen molar-refractivity contribution in [1.29, 1.82) is 0 Å². The molecule has 0 radical (unpaired) electrons. The first kappa shape index (κ1) is 15.0. The molecule has 0 saturated carbocycles. The first-order valence-electron chi connectivity index (χ1n) is 7.01. The van der Waals surface area contributed by atoms with Crippen molar-refractivity contribution < 1.29 is 18.6 Å². The Morgan fingerprint density at radius 3 is 2.39 bits per heavy atom. The van der Waals surface area contributed by atoms with Gasteiger partial charge in [0.1, 0.15) is 28.4 Å². The molecule has 2 aromatic carbocycles. The molecule has 118 valence electrons. The largest absolute Gasteiger partial charge is 0.497 e. The molecular weight excluding hydrogens is 296 g/mol. The second kappa shape index (κ2) is 6.04. The van der Waals surface area contributed by atoms with Crippen LogP contribution in [0.4, 0.5) is 0 Å². The lowest BCUT2D eigenvalue weighted by Gasteiger charge is -2.14. The summed E-state index contributed by atoms with van der Waals surface area (Å²) >= 11 is 0. The maximum atomic E-state index is 12.5. The van der Waals surface area contributed by atoms with E-state index in [1.165, 1.54) is 7.11 Å². The molecule has 0 spiro atoms. The van der Waals surface area contributed by atoms with Gasteiger partial charge in [-0.1, -0.05) is 12.1 Å². The Balaban J connectivity index is 2.40. The van der Waals surface area contributed by atoms with Crippen LogP contribution in [-0.4, -0.2) is 21.3 Å². The van der Waals surface area contributed by atoms with Crippen molar-refractivity contribution in [2.45, 2.75) is 0 Å². The van der Waals surface area contributed by atoms with E-state index < -0.39 is 5.63 Å². The zero-order chi connectivity index (χ0) is 16.4. The van der Waals surface area contributed by atoms with Gasteiger partial charge >= 0.3 is 5.63 Å². The minimum absolute atomic E-state index is 0.307. The van der Waals surface area contributed by atoms with E-state index in [1.54, 1.807) is 44.6 Å². The Labute approximate surface area is 133 Å². The minimum Gasteiger partial charge on any atom is -0.497 e. The highest BCUT2D eigenvalue weighted by Crippen LogP contribution is 2.39. The van der Waals surface area contributed by atoms with Crippen LogP contribution in [0.2, 0.25) is 0 Å². The van der Waals surface area contributed by atoms with Gasteiger partial charge in [0, 0.05) is 5.56 Å². The van der Waals surface area contributed by atoms with Crippen LogP contribution in [-0.2, 0) is 0 Å². The van der Waals surface area contributed by atoms with E-state index in [0.717, 1.165) is 5.39 Å². The third kappa shape index (κ3) is 2.50. The molecule has 1 heterocycles. The van der Waals surface area contributed by atoms with Crippen molar-refractivity contribution >= 4 is 11.0 Å². The monoisotopic (exact) mass is 312 g/mol. The van der Waals surface area contributed by atoms with Crippen molar-refractivity contribution in [3.05, 3.63) is 52.9 Å². The third-order valence-corrected chi connectivity index (χ3v) is 3.65. The molecule has 0 unspecified atom stereocenters. The summed E-state index contributed by atoms with van der Waals surface area (Å²) < 4.78 is 21.6. The summed E-state index contributed by atoms with van der Waals surface area (Å²) in [6.45, 7) is 0. The van der Waals surface area contributed by atoms with E-state index in [4.69, 9.17) is 18.6 Å². The number of rotatable bonds is 4. The first-order chi connectivity index (χ1) is 11.2. The summed E-state index contributed by atoms with van der Waals surface area (Å²) in [5.74, 6) is 1.59. The van der Waals surface area contributed by atoms with Gasteiger partial charge in [-0.05, 0) is 30.3 Å².